The van der Waals surface area contributed by atoms with E-state index in [9.17, 15) is 4.79 Å². The number of imidazole rings is 1. The molecule has 8 heteroatoms. The first-order valence-electron chi connectivity index (χ1n) is 9.91. The van der Waals surface area contributed by atoms with Gasteiger partial charge in [-0.1, -0.05) is 65.4 Å². The number of amides is 1. The van der Waals surface area contributed by atoms with Gasteiger partial charge in [0.1, 0.15) is 0 Å². The van der Waals surface area contributed by atoms with Gasteiger partial charge in [-0.25, -0.2) is 4.98 Å². The summed E-state index contributed by atoms with van der Waals surface area (Å²) in [5, 5.41) is 9.89. The molecule has 31 heavy (non-hydrogen) atoms. The summed E-state index contributed by atoms with van der Waals surface area (Å²) in [6.07, 6.45) is 0.653. The minimum atomic E-state index is -0.0900. The number of aryl methyl sites for hydroxylation is 1. The van der Waals surface area contributed by atoms with Crippen LogP contribution in [0.3, 0.4) is 0 Å². The molecule has 0 spiro atoms. The number of carbonyl (C=O) groups excluding carboxylic acids is 1. The molecule has 0 fully saturated rings. The van der Waals surface area contributed by atoms with E-state index in [0.29, 0.717) is 23.9 Å². The molecule has 2 N–H and O–H groups in total. The highest BCUT2D eigenvalue weighted by Crippen LogP contribution is 2.24. The quantitative estimate of drug-likeness (QED) is 0.355. The average molecular weight is 430 g/mol. The van der Waals surface area contributed by atoms with Crippen molar-refractivity contribution in [2.75, 3.05) is 5.32 Å². The third kappa shape index (κ3) is 4.44. The third-order valence-electron chi connectivity index (χ3n) is 4.85. The molecule has 0 aliphatic carbocycles. The lowest BCUT2D eigenvalue weighted by atomic mass is 10.1. The molecular formula is C23H19N5O2S. The van der Waals surface area contributed by atoms with Crippen LogP contribution in [-0.4, -0.2) is 26.0 Å². The van der Waals surface area contributed by atoms with Crippen molar-refractivity contribution in [3.05, 3.63) is 78.4 Å². The van der Waals surface area contributed by atoms with Gasteiger partial charge in [-0.15, -0.1) is 0 Å². The third-order valence-corrected chi connectivity index (χ3v) is 5.71. The Morgan fingerprint density at radius 2 is 1.84 bits per heavy atom. The second kappa shape index (κ2) is 8.61. The summed E-state index contributed by atoms with van der Waals surface area (Å²) in [5.41, 5.74) is 2.73. The smallest absolute Gasteiger partial charge is 0.227 e. The highest BCUT2D eigenvalue weighted by molar-refractivity contribution is 7.98. The summed E-state index contributed by atoms with van der Waals surface area (Å²) in [7, 11) is 0. The van der Waals surface area contributed by atoms with E-state index in [2.05, 4.69) is 25.4 Å². The second-order valence-corrected chi connectivity index (χ2v) is 7.99. The van der Waals surface area contributed by atoms with Crippen LogP contribution in [-0.2, 0) is 17.0 Å². The lowest BCUT2D eigenvalue weighted by Crippen LogP contribution is -2.12. The molecule has 1 amide bonds. The maximum atomic E-state index is 12.4. The molecule has 5 aromatic rings. The molecule has 0 radical (unpaired) electrons. The lowest BCUT2D eigenvalue weighted by molar-refractivity contribution is -0.116. The Kier molecular flexibility index (Phi) is 5.37. The predicted molar refractivity (Wildman–Crippen MR) is 121 cm³/mol. The fourth-order valence-corrected chi connectivity index (χ4v) is 4.08. The van der Waals surface area contributed by atoms with E-state index >= 15 is 0 Å². The Bertz CT molecular complexity index is 1320. The second-order valence-electron chi connectivity index (χ2n) is 7.03. The van der Waals surface area contributed by atoms with Gasteiger partial charge in [0.15, 0.2) is 11.0 Å². The van der Waals surface area contributed by atoms with Crippen LogP contribution in [0, 0.1) is 0 Å². The molecule has 0 unspecified atom stereocenters. The minimum absolute atomic E-state index is 0.0900. The van der Waals surface area contributed by atoms with Gasteiger partial charge >= 0.3 is 0 Å². The van der Waals surface area contributed by atoms with E-state index in [4.69, 9.17) is 4.52 Å². The number of anilines is 1. The van der Waals surface area contributed by atoms with Crippen LogP contribution in [0.5, 0.6) is 0 Å². The zero-order valence-electron chi connectivity index (χ0n) is 16.5. The Balaban J connectivity index is 1.15. The maximum Gasteiger partial charge on any atom is 0.227 e. The monoisotopic (exact) mass is 429 g/mol. The number of thioether (sulfide) groups is 1. The number of benzene rings is 3. The van der Waals surface area contributed by atoms with E-state index in [-0.39, 0.29) is 12.3 Å². The van der Waals surface area contributed by atoms with E-state index in [1.54, 1.807) is 0 Å². The number of aromatic nitrogens is 4. The molecule has 2 aromatic heterocycles. The predicted octanol–water partition coefficient (Wildman–Crippen LogP) is 4.96. The van der Waals surface area contributed by atoms with Crippen molar-refractivity contribution in [2.45, 2.75) is 23.8 Å². The highest BCUT2D eigenvalue weighted by Gasteiger charge is 2.12. The standard InChI is InChI=1S/C23H19N5O2S/c29-21(24-17-11-5-7-15-6-1-2-8-16(15)17)12-13-22-27-20(28-30-22)14-31-23-25-18-9-3-4-10-19(18)26-23/h1-11H,12-14H2,(H,24,29)(H,25,26). The van der Waals surface area contributed by atoms with Gasteiger partial charge in [-0.2, -0.15) is 4.98 Å². The van der Waals surface area contributed by atoms with Gasteiger partial charge in [0.25, 0.3) is 0 Å². The number of hydrogen-bond acceptors (Lipinski definition) is 6. The first-order chi connectivity index (χ1) is 15.2. The molecule has 3 aromatic carbocycles. The molecule has 5 rings (SSSR count). The largest absolute Gasteiger partial charge is 0.339 e. The maximum absolute atomic E-state index is 12.4. The Hall–Kier alpha value is -3.65. The molecule has 0 saturated carbocycles. The summed E-state index contributed by atoms with van der Waals surface area (Å²) in [6, 6.07) is 21.7. The summed E-state index contributed by atoms with van der Waals surface area (Å²) in [5.74, 6) is 1.47. The Morgan fingerprint density at radius 3 is 2.77 bits per heavy atom. The lowest BCUT2D eigenvalue weighted by Gasteiger charge is -2.08. The van der Waals surface area contributed by atoms with Gasteiger partial charge in [0.2, 0.25) is 11.8 Å². The fourth-order valence-electron chi connectivity index (χ4n) is 3.35. The SMILES string of the molecule is O=C(CCc1nc(CSc2nc3ccccc3[nH]2)no1)Nc1cccc2ccccc12. The Labute approximate surface area is 182 Å². The van der Waals surface area contributed by atoms with E-state index in [1.165, 1.54) is 11.8 Å². The van der Waals surface area contributed by atoms with Crippen molar-refractivity contribution in [1.29, 1.82) is 0 Å². The van der Waals surface area contributed by atoms with Crippen molar-refractivity contribution in [2.24, 2.45) is 0 Å². The normalized spacial score (nSPS) is 11.2. The Morgan fingerprint density at radius 1 is 1.00 bits per heavy atom. The molecule has 154 valence electrons. The van der Waals surface area contributed by atoms with Crippen molar-refractivity contribution in [1.82, 2.24) is 20.1 Å². The highest BCUT2D eigenvalue weighted by atomic mass is 32.2. The number of fused-ring (bicyclic) bond motifs is 2. The topological polar surface area (TPSA) is 96.7 Å². The van der Waals surface area contributed by atoms with Crippen LogP contribution < -0.4 is 5.32 Å². The molecule has 7 nitrogen and oxygen atoms in total. The number of hydrogen-bond donors (Lipinski definition) is 2. The van der Waals surface area contributed by atoms with Gasteiger partial charge < -0.3 is 14.8 Å². The van der Waals surface area contributed by atoms with E-state index in [1.807, 2.05) is 66.7 Å². The number of para-hydroxylation sites is 2. The van der Waals surface area contributed by atoms with E-state index < -0.39 is 0 Å². The van der Waals surface area contributed by atoms with Crippen LogP contribution in [0.25, 0.3) is 21.8 Å². The first kappa shape index (κ1) is 19.3. The van der Waals surface area contributed by atoms with Crippen molar-refractivity contribution in [3.63, 3.8) is 0 Å². The number of nitrogens with zero attached hydrogens (tertiary/aromatic N) is 3. The van der Waals surface area contributed by atoms with Gasteiger partial charge in [0, 0.05) is 23.9 Å². The summed E-state index contributed by atoms with van der Waals surface area (Å²) >= 11 is 1.51. The van der Waals surface area contributed by atoms with Crippen molar-refractivity contribution >= 4 is 45.2 Å². The van der Waals surface area contributed by atoms with Gasteiger partial charge in [-0.05, 0) is 23.6 Å². The molecular weight excluding hydrogens is 410 g/mol. The summed E-state index contributed by atoms with van der Waals surface area (Å²) < 4.78 is 5.30. The molecule has 0 bridgehead atoms. The van der Waals surface area contributed by atoms with Crippen LogP contribution in [0.4, 0.5) is 5.69 Å². The molecule has 0 aliphatic heterocycles. The van der Waals surface area contributed by atoms with E-state index in [0.717, 1.165) is 32.6 Å². The molecule has 0 atom stereocenters. The number of H-pyrrole nitrogens is 1. The first-order valence-corrected chi connectivity index (χ1v) is 10.9. The number of carbonyl (C=O) groups is 1. The van der Waals surface area contributed by atoms with Crippen LogP contribution in [0.1, 0.15) is 18.1 Å². The average Bonchev–Trinajstić information content (AvgIpc) is 3.43. The summed E-state index contributed by atoms with van der Waals surface area (Å²) in [6.45, 7) is 0. The van der Waals surface area contributed by atoms with Gasteiger partial charge in [0.05, 0.1) is 16.8 Å². The van der Waals surface area contributed by atoms with Crippen LogP contribution in [0.2, 0.25) is 0 Å². The van der Waals surface area contributed by atoms with Crippen molar-refractivity contribution < 1.29 is 9.32 Å². The minimum Gasteiger partial charge on any atom is -0.339 e. The number of nitrogens with one attached hydrogen (secondary N) is 2. The fraction of sp³-hybridized carbons (Fsp3) is 0.130. The zero-order valence-corrected chi connectivity index (χ0v) is 17.4. The van der Waals surface area contributed by atoms with Gasteiger partial charge in [-0.3, -0.25) is 4.79 Å². The number of aromatic amines is 1. The molecule has 0 saturated heterocycles. The molecule has 0 aliphatic rings. The van der Waals surface area contributed by atoms with Crippen LogP contribution >= 0.6 is 11.8 Å². The van der Waals surface area contributed by atoms with Crippen molar-refractivity contribution in [3.8, 4) is 0 Å². The summed E-state index contributed by atoms with van der Waals surface area (Å²) in [4.78, 5) is 24.6. The molecule has 2 heterocycles. The zero-order chi connectivity index (χ0) is 21.0. The number of rotatable bonds is 7. The van der Waals surface area contributed by atoms with Crippen LogP contribution in [0.15, 0.2) is 76.4 Å².